The van der Waals surface area contributed by atoms with E-state index in [1.807, 2.05) is 6.92 Å². The minimum Gasteiger partial charge on any atom is -0.481 e. The first-order valence-corrected chi connectivity index (χ1v) is 6.87. The molecule has 3 N–H and O–H groups in total. The van der Waals surface area contributed by atoms with Gasteiger partial charge in [0.1, 0.15) is 6.04 Å². The molecule has 0 spiro atoms. The van der Waals surface area contributed by atoms with Crippen molar-refractivity contribution in [1.82, 2.24) is 15.5 Å². The smallest absolute Gasteiger partial charge is 0.318 e. The van der Waals surface area contributed by atoms with Crippen molar-refractivity contribution >= 4 is 17.9 Å². The topological polar surface area (TPSA) is 98.7 Å². The number of rotatable bonds is 5. The number of amides is 3. The second-order valence-electron chi connectivity index (χ2n) is 5.51. The summed E-state index contributed by atoms with van der Waals surface area (Å²) in [7, 11) is 0. The molecule has 1 heterocycles. The third-order valence-corrected chi connectivity index (χ3v) is 3.67. The van der Waals surface area contributed by atoms with Crippen LogP contribution in [0.15, 0.2) is 0 Å². The zero-order valence-corrected chi connectivity index (χ0v) is 12.2. The number of carboxylic acid groups (broad SMARTS) is 1. The van der Waals surface area contributed by atoms with Gasteiger partial charge < -0.3 is 20.6 Å². The normalized spacial score (nSPS) is 20.5. The lowest BCUT2D eigenvalue weighted by molar-refractivity contribution is -0.142. The van der Waals surface area contributed by atoms with Crippen molar-refractivity contribution in [3.05, 3.63) is 0 Å². The monoisotopic (exact) mass is 285 g/mol. The van der Waals surface area contributed by atoms with Crippen LogP contribution in [-0.2, 0) is 9.59 Å². The minimum absolute atomic E-state index is 0.315. The van der Waals surface area contributed by atoms with Crippen molar-refractivity contribution in [2.75, 3.05) is 19.6 Å². The Bertz CT molecular complexity index is 384. The van der Waals surface area contributed by atoms with Crippen LogP contribution in [0.1, 0.15) is 27.2 Å². The summed E-state index contributed by atoms with van der Waals surface area (Å²) in [5, 5.41) is 14.2. The molecule has 7 nitrogen and oxygen atoms in total. The summed E-state index contributed by atoms with van der Waals surface area (Å²) in [6.45, 7) is 7.35. The van der Waals surface area contributed by atoms with Crippen molar-refractivity contribution in [1.29, 1.82) is 0 Å². The van der Waals surface area contributed by atoms with E-state index in [4.69, 9.17) is 5.11 Å². The second-order valence-corrected chi connectivity index (χ2v) is 5.51. The number of carbonyl (C=O) groups excluding carboxylic acids is 2. The van der Waals surface area contributed by atoms with Crippen LogP contribution in [-0.4, -0.2) is 53.6 Å². The van der Waals surface area contributed by atoms with E-state index in [2.05, 4.69) is 24.5 Å². The van der Waals surface area contributed by atoms with E-state index in [1.54, 1.807) is 0 Å². The first-order chi connectivity index (χ1) is 9.32. The third-order valence-electron chi connectivity index (χ3n) is 3.67. The molecule has 114 valence electrons. The van der Waals surface area contributed by atoms with Gasteiger partial charge in [0.15, 0.2) is 0 Å². The maximum absolute atomic E-state index is 12.1. The average Bonchev–Trinajstić information content (AvgIpc) is 2.37. The van der Waals surface area contributed by atoms with Gasteiger partial charge in [0.2, 0.25) is 5.91 Å². The Hall–Kier alpha value is -1.79. The van der Waals surface area contributed by atoms with E-state index < -0.39 is 17.9 Å². The summed E-state index contributed by atoms with van der Waals surface area (Å²) in [4.78, 5) is 35.9. The fourth-order valence-corrected chi connectivity index (χ4v) is 1.91. The van der Waals surface area contributed by atoms with Crippen molar-refractivity contribution in [3.63, 3.8) is 0 Å². The molecule has 7 heteroatoms. The Morgan fingerprint density at radius 2 is 2.10 bits per heavy atom. The van der Waals surface area contributed by atoms with Gasteiger partial charge in [-0.15, -0.1) is 0 Å². The van der Waals surface area contributed by atoms with Crippen molar-refractivity contribution in [3.8, 4) is 0 Å². The second kappa shape index (κ2) is 7.12. The van der Waals surface area contributed by atoms with Gasteiger partial charge in [-0.2, -0.15) is 0 Å². The van der Waals surface area contributed by atoms with Crippen LogP contribution in [0.2, 0.25) is 0 Å². The first kappa shape index (κ1) is 16.3. The minimum atomic E-state index is -1.10. The number of nitrogens with zero attached hydrogens (tertiary/aromatic N) is 1. The zero-order chi connectivity index (χ0) is 15.3. The molecule has 1 fully saturated rings. The first-order valence-electron chi connectivity index (χ1n) is 6.87. The average molecular weight is 285 g/mol. The highest BCUT2D eigenvalue weighted by Gasteiger charge is 2.34. The molecule has 0 aromatic heterocycles. The number of piperazine rings is 1. The molecule has 1 aliphatic rings. The van der Waals surface area contributed by atoms with E-state index in [0.717, 1.165) is 0 Å². The molecule has 1 aliphatic heterocycles. The van der Waals surface area contributed by atoms with Crippen molar-refractivity contribution < 1.29 is 19.5 Å². The van der Waals surface area contributed by atoms with Crippen LogP contribution in [0, 0.1) is 11.8 Å². The van der Waals surface area contributed by atoms with Gasteiger partial charge in [0, 0.05) is 19.6 Å². The highest BCUT2D eigenvalue weighted by molar-refractivity contribution is 5.91. The summed E-state index contributed by atoms with van der Waals surface area (Å²) in [6, 6.07) is -1.31. The summed E-state index contributed by atoms with van der Waals surface area (Å²) >= 11 is 0. The summed E-state index contributed by atoms with van der Waals surface area (Å²) < 4.78 is 0. The Kier molecular flexibility index (Phi) is 5.79. The Morgan fingerprint density at radius 1 is 1.45 bits per heavy atom. The van der Waals surface area contributed by atoms with Gasteiger partial charge >= 0.3 is 12.0 Å². The van der Waals surface area contributed by atoms with Gasteiger partial charge in [0.05, 0.1) is 6.42 Å². The SMILES string of the molecule is CC(C)C(C)CNC(=O)N1CCNC(=O)C1CC(=O)O. The molecular weight excluding hydrogens is 262 g/mol. The highest BCUT2D eigenvalue weighted by atomic mass is 16.4. The number of urea groups is 1. The van der Waals surface area contributed by atoms with E-state index in [1.165, 1.54) is 4.90 Å². The molecule has 3 amide bonds. The number of carbonyl (C=O) groups is 3. The quantitative estimate of drug-likeness (QED) is 0.675. The molecule has 0 aromatic rings. The number of aliphatic carboxylic acids is 1. The van der Waals surface area contributed by atoms with Crippen LogP contribution in [0.25, 0.3) is 0 Å². The molecule has 0 radical (unpaired) electrons. The summed E-state index contributed by atoms with van der Waals surface area (Å²) in [6.07, 6.45) is -0.376. The van der Waals surface area contributed by atoms with Crippen LogP contribution in [0.5, 0.6) is 0 Å². The predicted octanol–water partition coefficient (Wildman–Crippen LogP) is 0.263. The Balaban J connectivity index is 2.63. The van der Waals surface area contributed by atoms with Gasteiger partial charge in [-0.3, -0.25) is 9.59 Å². The van der Waals surface area contributed by atoms with Crippen molar-refractivity contribution in [2.45, 2.75) is 33.2 Å². The summed E-state index contributed by atoms with van der Waals surface area (Å²) in [5.41, 5.74) is 0. The fraction of sp³-hybridized carbons (Fsp3) is 0.769. The van der Waals surface area contributed by atoms with Gasteiger partial charge in [-0.05, 0) is 11.8 Å². The lowest BCUT2D eigenvalue weighted by Crippen LogP contribution is -2.60. The largest absolute Gasteiger partial charge is 0.481 e. The van der Waals surface area contributed by atoms with Crippen LogP contribution in [0.4, 0.5) is 4.79 Å². The maximum atomic E-state index is 12.1. The molecule has 2 unspecified atom stereocenters. The number of nitrogens with one attached hydrogen (secondary N) is 2. The van der Waals surface area contributed by atoms with Crippen LogP contribution >= 0.6 is 0 Å². The molecule has 20 heavy (non-hydrogen) atoms. The molecule has 1 saturated heterocycles. The number of hydrogen-bond donors (Lipinski definition) is 3. The Morgan fingerprint density at radius 3 is 2.65 bits per heavy atom. The molecule has 2 atom stereocenters. The van der Waals surface area contributed by atoms with E-state index >= 15 is 0 Å². The van der Waals surface area contributed by atoms with Crippen LogP contribution < -0.4 is 10.6 Å². The molecule has 0 saturated carbocycles. The molecule has 0 aliphatic carbocycles. The lowest BCUT2D eigenvalue weighted by Gasteiger charge is -2.34. The number of hydrogen-bond acceptors (Lipinski definition) is 3. The lowest BCUT2D eigenvalue weighted by atomic mass is 9.98. The maximum Gasteiger partial charge on any atom is 0.318 e. The van der Waals surface area contributed by atoms with E-state index in [-0.39, 0.29) is 12.5 Å². The van der Waals surface area contributed by atoms with E-state index in [9.17, 15) is 14.4 Å². The highest BCUT2D eigenvalue weighted by Crippen LogP contribution is 2.11. The predicted molar refractivity (Wildman–Crippen MR) is 73.2 cm³/mol. The standard InChI is InChI=1S/C13H23N3O4/c1-8(2)9(3)7-15-13(20)16-5-4-14-12(19)10(16)6-11(17)18/h8-10H,4-7H2,1-3H3,(H,14,19)(H,15,20)(H,17,18). The third kappa shape index (κ3) is 4.40. The van der Waals surface area contributed by atoms with Crippen molar-refractivity contribution in [2.24, 2.45) is 11.8 Å². The van der Waals surface area contributed by atoms with E-state index in [0.29, 0.717) is 31.5 Å². The number of carboxylic acids is 1. The van der Waals surface area contributed by atoms with Crippen LogP contribution in [0.3, 0.4) is 0 Å². The molecule has 0 aromatic carbocycles. The van der Waals surface area contributed by atoms with Gasteiger partial charge in [0.25, 0.3) is 0 Å². The molecule has 0 bridgehead atoms. The summed E-state index contributed by atoms with van der Waals surface area (Å²) in [5.74, 6) is -0.753. The van der Waals surface area contributed by atoms with Gasteiger partial charge in [-0.1, -0.05) is 20.8 Å². The Labute approximate surface area is 118 Å². The molecule has 1 rings (SSSR count). The molecular formula is C13H23N3O4. The fourth-order valence-electron chi connectivity index (χ4n) is 1.91. The zero-order valence-electron chi connectivity index (χ0n) is 12.2. The van der Waals surface area contributed by atoms with Gasteiger partial charge in [-0.25, -0.2) is 4.79 Å².